The van der Waals surface area contributed by atoms with E-state index in [0.29, 0.717) is 11.6 Å². The van der Waals surface area contributed by atoms with E-state index in [1.807, 2.05) is 6.92 Å². The predicted molar refractivity (Wildman–Crippen MR) is 71.4 cm³/mol. The number of hydrogen-bond donors (Lipinski definition) is 3. The molecule has 2 amide bonds. The maximum absolute atomic E-state index is 11.0. The van der Waals surface area contributed by atoms with Gasteiger partial charge in [-0.3, -0.25) is 9.59 Å². The summed E-state index contributed by atoms with van der Waals surface area (Å²) in [5.41, 5.74) is 10.3. The molecular formula is C11H18N6O2. The van der Waals surface area contributed by atoms with Gasteiger partial charge in [-0.2, -0.15) is 0 Å². The molecule has 0 spiro atoms. The minimum atomic E-state index is -0.567. The lowest BCUT2D eigenvalue weighted by atomic mass is 10.4. The summed E-state index contributed by atoms with van der Waals surface area (Å²) in [5, 5.41) is 3.09. The topological polar surface area (TPSA) is 127 Å². The van der Waals surface area contributed by atoms with Crippen LogP contribution in [0.4, 0.5) is 11.6 Å². The fourth-order valence-electron chi connectivity index (χ4n) is 1.46. The van der Waals surface area contributed by atoms with Crippen molar-refractivity contribution in [3.05, 3.63) is 12.4 Å². The van der Waals surface area contributed by atoms with Crippen molar-refractivity contribution in [2.45, 2.75) is 13.3 Å². The third-order valence-electron chi connectivity index (χ3n) is 2.23. The molecule has 0 unspecified atom stereocenters. The average Bonchev–Trinajstić information content (AvgIpc) is 2.35. The van der Waals surface area contributed by atoms with E-state index in [4.69, 9.17) is 11.5 Å². The molecule has 0 bridgehead atoms. The molecule has 0 atom stereocenters. The highest BCUT2D eigenvalue weighted by Gasteiger charge is 2.14. The number of aromatic nitrogens is 2. The van der Waals surface area contributed by atoms with E-state index in [9.17, 15) is 9.59 Å². The second-order valence-corrected chi connectivity index (χ2v) is 3.98. The fourth-order valence-corrected chi connectivity index (χ4v) is 1.46. The average molecular weight is 266 g/mol. The SMILES string of the molecule is CCCNc1cc(N(CC(N)=O)CC(N)=O)ncn1. The summed E-state index contributed by atoms with van der Waals surface area (Å²) >= 11 is 0. The van der Waals surface area contributed by atoms with Crippen molar-refractivity contribution in [3.8, 4) is 0 Å². The zero-order valence-corrected chi connectivity index (χ0v) is 10.8. The van der Waals surface area contributed by atoms with Crippen LogP contribution in [-0.4, -0.2) is 41.4 Å². The lowest BCUT2D eigenvalue weighted by Crippen LogP contribution is -2.40. The molecular weight excluding hydrogens is 248 g/mol. The number of primary amides is 2. The molecule has 1 aromatic heterocycles. The Morgan fingerprint density at radius 2 is 1.89 bits per heavy atom. The first-order valence-corrected chi connectivity index (χ1v) is 5.90. The third-order valence-corrected chi connectivity index (χ3v) is 2.23. The number of nitrogens with two attached hydrogens (primary N) is 2. The maximum Gasteiger partial charge on any atom is 0.237 e. The van der Waals surface area contributed by atoms with Gasteiger partial charge in [0.1, 0.15) is 18.0 Å². The Morgan fingerprint density at radius 3 is 2.42 bits per heavy atom. The maximum atomic E-state index is 11.0. The first kappa shape index (κ1) is 14.7. The van der Waals surface area contributed by atoms with Crippen LogP contribution in [0.5, 0.6) is 0 Å². The molecule has 0 saturated carbocycles. The predicted octanol–water partition coefficient (Wildman–Crippen LogP) is -0.924. The van der Waals surface area contributed by atoms with Crippen LogP contribution in [0, 0.1) is 0 Å². The second-order valence-electron chi connectivity index (χ2n) is 3.98. The number of nitrogens with zero attached hydrogens (tertiary/aromatic N) is 3. The molecule has 104 valence electrons. The highest BCUT2D eigenvalue weighted by molar-refractivity contribution is 5.84. The number of hydrogen-bond acceptors (Lipinski definition) is 6. The second kappa shape index (κ2) is 7.14. The van der Waals surface area contributed by atoms with Crippen LogP contribution in [0.3, 0.4) is 0 Å². The van der Waals surface area contributed by atoms with Crippen LogP contribution in [0.25, 0.3) is 0 Å². The van der Waals surface area contributed by atoms with E-state index in [0.717, 1.165) is 13.0 Å². The van der Waals surface area contributed by atoms with Crippen molar-refractivity contribution in [1.29, 1.82) is 0 Å². The summed E-state index contributed by atoms with van der Waals surface area (Å²) in [4.78, 5) is 31.4. The Labute approximate surface area is 111 Å². The van der Waals surface area contributed by atoms with Gasteiger partial charge in [-0.05, 0) is 6.42 Å². The van der Waals surface area contributed by atoms with Crippen molar-refractivity contribution in [2.24, 2.45) is 11.5 Å². The molecule has 0 radical (unpaired) electrons. The Balaban J connectivity index is 2.87. The number of rotatable bonds is 8. The lowest BCUT2D eigenvalue weighted by Gasteiger charge is -2.20. The van der Waals surface area contributed by atoms with Crippen molar-refractivity contribution < 1.29 is 9.59 Å². The van der Waals surface area contributed by atoms with Gasteiger partial charge in [0.2, 0.25) is 11.8 Å². The van der Waals surface area contributed by atoms with Gasteiger partial charge in [-0.25, -0.2) is 9.97 Å². The summed E-state index contributed by atoms with van der Waals surface area (Å²) < 4.78 is 0. The monoisotopic (exact) mass is 266 g/mol. The van der Waals surface area contributed by atoms with E-state index in [1.54, 1.807) is 6.07 Å². The van der Waals surface area contributed by atoms with Gasteiger partial charge in [-0.1, -0.05) is 6.92 Å². The molecule has 1 rings (SSSR count). The van der Waals surface area contributed by atoms with Crippen molar-refractivity contribution in [1.82, 2.24) is 9.97 Å². The molecule has 0 aliphatic heterocycles. The molecule has 0 aliphatic carbocycles. The van der Waals surface area contributed by atoms with Crippen LogP contribution in [0.1, 0.15) is 13.3 Å². The van der Waals surface area contributed by atoms with Crippen LogP contribution >= 0.6 is 0 Å². The number of carbonyl (C=O) groups excluding carboxylic acids is 2. The minimum Gasteiger partial charge on any atom is -0.370 e. The van der Waals surface area contributed by atoms with Gasteiger partial charge in [0, 0.05) is 12.6 Å². The zero-order valence-electron chi connectivity index (χ0n) is 10.8. The molecule has 0 aromatic carbocycles. The third kappa shape index (κ3) is 5.19. The van der Waals surface area contributed by atoms with Crippen molar-refractivity contribution >= 4 is 23.5 Å². The van der Waals surface area contributed by atoms with Gasteiger partial charge in [0.05, 0.1) is 13.1 Å². The zero-order chi connectivity index (χ0) is 14.3. The first-order valence-electron chi connectivity index (χ1n) is 5.90. The fraction of sp³-hybridized carbons (Fsp3) is 0.455. The highest BCUT2D eigenvalue weighted by Crippen LogP contribution is 2.13. The summed E-state index contributed by atoms with van der Waals surface area (Å²) in [6, 6.07) is 1.64. The van der Waals surface area contributed by atoms with Gasteiger partial charge in [-0.15, -0.1) is 0 Å². The minimum absolute atomic E-state index is 0.132. The molecule has 0 aliphatic rings. The normalized spacial score (nSPS) is 9.95. The molecule has 0 saturated heterocycles. The smallest absolute Gasteiger partial charge is 0.237 e. The molecule has 5 N–H and O–H groups in total. The molecule has 8 nitrogen and oxygen atoms in total. The van der Waals surface area contributed by atoms with Gasteiger partial charge >= 0.3 is 0 Å². The number of nitrogens with one attached hydrogen (secondary N) is 1. The van der Waals surface area contributed by atoms with Gasteiger partial charge < -0.3 is 21.7 Å². The number of amides is 2. The molecule has 1 aromatic rings. The van der Waals surface area contributed by atoms with Crippen LogP contribution in [0.15, 0.2) is 12.4 Å². The van der Waals surface area contributed by atoms with E-state index in [1.165, 1.54) is 11.2 Å². The Bertz CT molecular complexity index is 435. The Morgan fingerprint density at radius 1 is 1.26 bits per heavy atom. The summed E-state index contributed by atoms with van der Waals surface area (Å²) in [7, 11) is 0. The first-order chi connectivity index (χ1) is 9.02. The van der Waals surface area contributed by atoms with E-state index >= 15 is 0 Å². The van der Waals surface area contributed by atoms with E-state index < -0.39 is 11.8 Å². The van der Waals surface area contributed by atoms with Crippen LogP contribution in [-0.2, 0) is 9.59 Å². The summed E-state index contributed by atoms with van der Waals surface area (Å²) in [6.07, 6.45) is 2.30. The highest BCUT2D eigenvalue weighted by atomic mass is 16.2. The quantitative estimate of drug-likeness (QED) is 0.558. The molecule has 8 heteroatoms. The Kier molecular flexibility index (Phi) is 5.52. The van der Waals surface area contributed by atoms with Crippen molar-refractivity contribution in [3.63, 3.8) is 0 Å². The Hall–Kier alpha value is -2.38. The lowest BCUT2D eigenvalue weighted by molar-refractivity contribution is -0.117. The molecule has 0 fully saturated rings. The molecule has 1 heterocycles. The standard InChI is InChI=1S/C11H18N6O2/c1-2-3-14-10-4-11(16-7-15-10)17(5-8(12)18)6-9(13)19/h4,7H,2-3,5-6H2,1H3,(H2,12,18)(H2,13,19)(H,14,15,16). The molecule has 19 heavy (non-hydrogen) atoms. The van der Waals surface area contributed by atoms with Crippen LogP contribution in [0.2, 0.25) is 0 Å². The van der Waals surface area contributed by atoms with Crippen LogP contribution < -0.4 is 21.7 Å². The van der Waals surface area contributed by atoms with E-state index in [-0.39, 0.29) is 13.1 Å². The van der Waals surface area contributed by atoms with E-state index in [2.05, 4.69) is 15.3 Å². The number of anilines is 2. The summed E-state index contributed by atoms with van der Waals surface area (Å²) in [5.74, 6) is -0.0946. The summed E-state index contributed by atoms with van der Waals surface area (Å²) in [6.45, 7) is 2.53. The largest absolute Gasteiger partial charge is 0.370 e. The van der Waals surface area contributed by atoms with Crippen molar-refractivity contribution in [2.75, 3.05) is 29.9 Å². The van der Waals surface area contributed by atoms with Gasteiger partial charge in [0.25, 0.3) is 0 Å². The number of carbonyl (C=O) groups is 2. The van der Waals surface area contributed by atoms with Gasteiger partial charge in [0.15, 0.2) is 0 Å².